The van der Waals surface area contributed by atoms with Gasteiger partial charge in [0.05, 0.1) is 0 Å². The van der Waals surface area contributed by atoms with Gasteiger partial charge in [-0.1, -0.05) is 59.6 Å². The zero-order chi connectivity index (χ0) is 23.6. The monoisotopic (exact) mass is 494 g/mol. The first-order valence-corrected chi connectivity index (χ1v) is 10.3. The molecule has 1 aromatic heterocycles. The Morgan fingerprint density at radius 3 is 2.33 bits per heavy atom. The molecular formula is C21H15Cl2F3N6O. The van der Waals surface area contributed by atoms with E-state index >= 15 is 0 Å². The summed E-state index contributed by atoms with van der Waals surface area (Å²) in [5.41, 5.74) is -1.96. The molecule has 0 radical (unpaired) electrons. The molecule has 4 rings (SSSR count). The van der Waals surface area contributed by atoms with Crippen molar-refractivity contribution >= 4 is 40.5 Å². The summed E-state index contributed by atoms with van der Waals surface area (Å²) in [6.07, 6.45) is -2.67. The van der Waals surface area contributed by atoms with Crippen molar-refractivity contribution < 1.29 is 18.0 Å². The first-order chi connectivity index (χ1) is 15.7. The molecule has 1 aliphatic carbocycles. The van der Waals surface area contributed by atoms with E-state index in [0.29, 0.717) is 11.1 Å². The van der Waals surface area contributed by atoms with Crippen molar-refractivity contribution in [2.45, 2.75) is 18.0 Å². The highest BCUT2D eigenvalue weighted by molar-refractivity contribution is 6.35. The first kappa shape index (κ1) is 22.8. The van der Waals surface area contributed by atoms with Crippen LogP contribution in [0.15, 0.2) is 66.4 Å². The van der Waals surface area contributed by atoms with Gasteiger partial charge in [0.25, 0.3) is 0 Å². The number of alkyl halides is 3. The Hall–Kier alpha value is -3.37. The van der Waals surface area contributed by atoms with Gasteiger partial charge < -0.3 is 10.6 Å². The Morgan fingerprint density at radius 1 is 1.03 bits per heavy atom. The number of aromatic nitrogens is 4. The number of aromatic amines is 1. The molecule has 0 saturated carbocycles. The van der Waals surface area contributed by atoms with Crippen molar-refractivity contribution in [2.24, 2.45) is 0 Å². The number of hydrogen-bond acceptors (Lipinski definition) is 4. The van der Waals surface area contributed by atoms with Crippen LogP contribution in [0.5, 0.6) is 0 Å². The van der Waals surface area contributed by atoms with Crippen LogP contribution in [0, 0.1) is 0 Å². The van der Waals surface area contributed by atoms with Crippen molar-refractivity contribution in [1.82, 2.24) is 25.9 Å². The van der Waals surface area contributed by atoms with Gasteiger partial charge in [-0.25, -0.2) is 9.89 Å². The fourth-order valence-electron chi connectivity index (χ4n) is 3.61. The van der Waals surface area contributed by atoms with Crippen molar-refractivity contribution in [2.75, 3.05) is 5.32 Å². The van der Waals surface area contributed by atoms with Crippen molar-refractivity contribution in [3.63, 3.8) is 0 Å². The zero-order valence-corrected chi connectivity index (χ0v) is 18.1. The number of H-pyrrole nitrogens is 1. The molecule has 1 unspecified atom stereocenters. The first-order valence-electron chi connectivity index (χ1n) is 9.51. The molecule has 3 aromatic rings. The normalized spacial score (nSPS) is 18.3. The lowest BCUT2D eigenvalue weighted by Crippen LogP contribution is -2.51. The molecule has 2 aromatic carbocycles. The topological polar surface area (TPSA) is 95.6 Å². The van der Waals surface area contributed by atoms with Crippen LogP contribution in [0.25, 0.3) is 5.57 Å². The lowest BCUT2D eigenvalue weighted by molar-refractivity contribution is -0.181. The summed E-state index contributed by atoms with van der Waals surface area (Å²) in [6.45, 7) is 0. The summed E-state index contributed by atoms with van der Waals surface area (Å²) >= 11 is 11.8. The van der Waals surface area contributed by atoms with Gasteiger partial charge in [0.2, 0.25) is 0 Å². The van der Waals surface area contributed by atoms with E-state index in [4.69, 9.17) is 23.2 Å². The van der Waals surface area contributed by atoms with Crippen LogP contribution in [0.2, 0.25) is 10.0 Å². The maximum absolute atomic E-state index is 14.7. The van der Waals surface area contributed by atoms with Crippen molar-refractivity contribution in [3.8, 4) is 0 Å². The molecule has 7 nitrogen and oxygen atoms in total. The molecule has 0 spiro atoms. The van der Waals surface area contributed by atoms with Gasteiger partial charge in [-0.2, -0.15) is 13.2 Å². The van der Waals surface area contributed by atoms with Crippen molar-refractivity contribution in [3.05, 3.63) is 87.8 Å². The van der Waals surface area contributed by atoms with Crippen LogP contribution in [0.1, 0.15) is 17.8 Å². The second kappa shape index (κ2) is 8.87. The molecule has 2 amide bonds. The average Bonchev–Trinajstić information content (AvgIpc) is 3.28. The maximum Gasteiger partial charge on any atom is 0.407 e. The maximum atomic E-state index is 14.7. The van der Waals surface area contributed by atoms with Gasteiger partial charge >= 0.3 is 12.2 Å². The minimum Gasteiger partial charge on any atom is -0.310 e. The van der Waals surface area contributed by atoms with Crippen LogP contribution in [0.3, 0.4) is 0 Å². The van der Waals surface area contributed by atoms with E-state index in [1.54, 1.807) is 30.3 Å². The number of anilines is 1. The van der Waals surface area contributed by atoms with E-state index in [1.807, 2.05) is 0 Å². The smallest absolute Gasteiger partial charge is 0.310 e. The molecule has 33 heavy (non-hydrogen) atoms. The van der Waals surface area contributed by atoms with Gasteiger partial charge in [0, 0.05) is 27.9 Å². The molecule has 12 heteroatoms. The number of halogens is 5. The van der Waals surface area contributed by atoms with Gasteiger partial charge in [-0.05, 0) is 45.8 Å². The minimum atomic E-state index is -4.86. The van der Waals surface area contributed by atoms with Gasteiger partial charge in [-0.3, -0.25) is 0 Å². The summed E-state index contributed by atoms with van der Waals surface area (Å²) in [4.78, 5) is 12.6. The number of carbonyl (C=O) groups is 1. The van der Waals surface area contributed by atoms with Gasteiger partial charge in [0.15, 0.2) is 11.2 Å². The number of hydrogen-bond donors (Lipinski definition) is 3. The van der Waals surface area contributed by atoms with E-state index in [2.05, 4.69) is 31.3 Å². The third-order valence-electron chi connectivity index (χ3n) is 5.11. The molecule has 3 N–H and O–H groups in total. The summed E-state index contributed by atoms with van der Waals surface area (Å²) < 4.78 is 44.1. The molecule has 1 heterocycles. The predicted molar refractivity (Wildman–Crippen MR) is 118 cm³/mol. The van der Waals surface area contributed by atoms with E-state index in [-0.39, 0.29) is 15.7 Å². The fraction of sp³-hybridized carbons (Fsp3) is 0.143. The highest BCUT2D eigenvalue weighted by atomic mass is 35.5. The van der Waals surface area contributed by atoms with Crippen molar-refractivity contribution in [1.29, 1.82) is 0 Å². The Kier molecular flexibility index (Phi) is 6.13. The predicted octanol–water partition coefficient (Wildman–Crippen LogP) is 5.50. The van der Waals surface area contributed by atoms with Crippen LogP contribution < -0.4 is 10.6 Å². The molecule has 1 aliphatic rings. The minimum absolute atomic E-state index is 0.209. The van der Waals surface area contributed by atoms with E-state index in [0.717, 1.165) is 0 Å². The molecular weight excluding hydrogens is 480 g/mol. The molecule has 0 saturated heterocycles. The van der Waals surface area contributed by atoms with E-state index in [9.17, 15) is 18.0 Å². The van der Waals surface area contributed by atoms with Crippen LogP contribution in [-0.4, -0.2) is 32.8 Å². The second-order valence-electron chi connectivity index (χ2n) is 7.21. The molecule has 0 fully saturated rings. The van der Waals surface area contributed by atoms with E-state index < -0.39 is 35.6 Å². The quantitative estimate of drug-likeness (QED) is 0.446. The average molecular weight is 495 g/mol. The standard InChI is InChI=1S/C21H15Cl2F3N6O/c22-14-8-15(23)10-16(9-14)27-19(33)28-17-7-6-13(12-4-2-1-3-5-12)11-20(17,21(24,25)26)18-29-31-32-30-18/h1-10H,11H2,(H2,27,28,33)(H,29,30,31,32). The molecule has 170 valence electrons. The highest BCUT2D eigenvalue weighted by Gasteiger charge is 2.62. The third kappa shape index (κ3) is 4.57. The lowest BCUT2D eigenvalue weighted by atomic mass is 9.72. The van der Waals surface area contributed by atoms with E-state index in [1.165, 1.54) is 30.4 Å². The summed E-state index contributed by atoms with van der Waals surface area (Å²) in [5.74, 6) is -0.547. The van der Waals surface area contributed by atoms with Crippen LogP contribution in [0.4, 0.5) is 23.7 Å². The second-order valence-corrected chi connectivity index (χ2v) is 8.08. The lowest BCUT2D eigenvalue weighted by Gasteiger charge is -2.38. The fourth-order valence-corrected chi connectivity index (χ4v) is 4.14. The molecule has 1 atom stereocenters. The Balaban J connectivity index is 1.74. The summed E-state index contributed by atoms with van der Waals surface area (Å²) in [5, 5.41) is 17.7. The zero-order valence-electron chi connectivity index (χ0n) is 16.6. The largest absolute Gasteiger partial charge is 0.407 e. The Labute approximate surface area is 195 Å². The Bertz CT molecular complexity index is 1210. The number of carbonyl (C=O) groups excluding carboxylic acids is 1. The summed E-state index contributed by atoms with van der Waals surface area (Å²) in [7, 11) is 0. The number of nitrogens with one attached hydrogen (secondary N) is 3. The van der Waals surface area contributed by atoms with Gasteiger partial charge in [-0.15, -0.1) is 5.10 Å². The van der Waals surface area contributed by atoms with Gasteiger partial charge in [0.1, 0.15) is 0 Å². The number of rotatable bonds is 4. The number of urea groups is 1. The molecule has 0 bridgehead atoms. The number of benzene rings is 2. The summed E-state index contributed by atoms with van der Waals surface area (Å²) in [6, 6.07) is 12.0. The Morgan fingerprint density at radius 2 is 1.73 bits per heavy atom. The number of amides is 2. The molecule has 0 aliphatic heterocycles. The highest BCUT2D eigenvalue weighted by Crippen LogP contribution is 2.51. The number of nitrogens with zero attached hydrogens (tertiary/aromatic N) is 3. The third-order valence-corrected chi connectivity index (χ3v) is 5.55. The number of tetrazole rings is 1. The number of allylic oxidation sites excluding steroid dienone is 4. The van der Waals surface area contributed by atoms with Crippen LogP contribution in [-0.2, 0) is 5.41 Å². The SMILES string of the molecule is O=C(NC1=CC=C(c2ccccc2)CC1(c1nnn[nH]1)C(F)(F)F)Nc1cc(Cl)cc(Cl)c1. The van der Waals surface area contributed by atoms with Crippen LogP contribution >= 0.6 is 23.2 Å².